The molecule has 0 aliphatic heterocycles. The van der Waals surface area contributed by atoms with Gasteiger partial charge in [-0.05, 0) is 18.8 Å². The molecule has 0 aliphatic rings. The maximum absolute atomic E-state index is 13.0. The average Bonchev–Trinajstić information content (AvgIpc) is 3.22. The van der Waals surface area contributed by atoms with E-state index in [1.165, 1.54) is 13.4 Å². The molecule has 11 nitrogen and oxygen atoms in total. The van der Waals surface area contributed by atoms with Crippen molar-refractivity contribution in [2.24, 2.45) is 11.7 Å². The fraction of sp³-hybridized carbons (Fsp3) is 0.650. The van der Waals surface area contributed by atoms with Gasteiger partial charge in [0.2, 0.25) is 23.6 Å². The molecule has 0 saturated carbocycles. The van der Waals surface area contributed by atoms with Crippen molar-refractivity contribution in [2.75, 3.05) is 13.7 Å². The minimum atomic E-state index is -0.917. The van der Waals surface area contributed by atoms with Gasteiger partial charge >= 0.3 is 0 Å². The summed E-state index contributed by atoms with van der Waals surface area (Å²) in [6.07, 6.45) is 3.99. The number of amides is 4. The molecule has 4 amide bonds. The Morgan fingerprint density at radius 1 is 1.10 bits per heavy atom. The highest BCUT2D eigenvalue weighted by Gasteiger charge is 2.29. The number of methoxy groups -OCH3 is 1. The largest absolute Gasteiger partial charge is 0.385 e. The first-order valence-electron chi connectivity index (χ1n) is 10.3. The van der Waals surface area contributed by atoms with E-state index in [-0.39, 0.29) is 37.7 Å². The van der Waals surface area contributed by atoms with Gasteiger partial charge in [-0.2, -0.15) is 0 Å². The maximum atomic E-state index is 13.0. The molecule has 1 heterocycles. The summed E-state index contributed by atoms with van der Waals surface area (Å²) >= 11 is 0. The van der Waals surface area contributed by atoms with Crippen LogP contribution in [0, 0.1) is 5.92 Å². The van der Waals surface area contributed by atoms with E-state index in [2.05, 4.69) is 25.9 Å². The Hall–Kier alpha value is -2.95. The molecule has 0 radical (unpaired) electrons. The lowest BCUT2D eigenvalue weighted by Gasteiger charge is -2.25. The number of rotatable bonds is 14. The number of nitrogens with one attached hydrogen (secondary N) is 4. The van der Waals surface area contributed by atoms with Crippen molar-refractivity contribution in [3.8, 4) is 0 Å². The van der Waals surface area contributed by atoms with Crippen molar-refractivity contribution in [1.29, 1.82) is 0 Å². The molecule has 0 aromatic carbocycles. The number of carbonyl (C=O) groups excluding carboxylic acids is 4. The number of ether oxygens (including phenoxy) is 1. The number of hydrogen-bond acceptors (Lipinski definition) is 6. The van der Waals surface area contributed by atoms with Crippen LogP contribution in [0.4, 0.5) is 0 Å². The van der Waals surface area contributed by atoms with Gasteiger partial charge < -0.3 is 31.4 Å². The third-order valence-corrected chi connectivity index (χ3v) is 4.56. The van der Waals surface area contributed by atoms with Crippen LogP contribution in [0.5, 0.6) is 0 Å². The molecule has 31 heavy (non-hydrogen) atoms. The Balaban J connectivity index is 2.94. The highest BCUT2D eigenvalue weighted by molar-refractivity contribution is 5.94. The van der Waals surface area contributed by atoms with Gasteiger partial charge in [-0.15, -0.1) is 0 Å². The summed E-state index contributed by atoms with van der Waals surface area (Å²) in [5, 5.41) is 7.96. The van der Waals surface area contributed by atoms with Gasteiger partial charge in [-0.25, -0.2) is 4.98 Å². The Morgan fingerprint density at radius 2 is 1.74 bits per heavy atom. The number of carbonyl (C=O) groups is 4. The first-order valence-corrected chi connectivity index (χ1v) is 10.3. The molecule has 0 saturated heterocycles. The monoisotopic (exact) mass is 438 g/mol. The van der Waals surface area contributed by atoms with Gasteiger partial charge in [0.15, 0.2) is 0 Å². The summed E-state index contributed by atoms with van der Waals surface area (Å²) in [4.78, 5) is 56.2. The molecule has 0 unspecified atom stereocenters. The van der Waals surface area contributed by atoms with Gasteiger partial charge in [-0.1, -0.05) is 20.8 Å². The third-order valence-electron chi connectivity index (χ3n) is 4.56. The van der Waals surface area contributed by atoms with Crippen LogP contribution < -0.4 is 21.7 Å². The summed E-state index contributed by atoms with van der Waals surface area (Å²) in [5.41, 5.74) is 6.03. The van der Waals surface area contributed by atoms with Crippen LogP contribution in [0.1, 0.15) is 45.7 Å². The lowest BCUT2D eigenvalue weighted by Crippen LogP contribution is -2.57. The third kappa shape index (κ3) is 9.60. The molecule has 0 bridgehead atoms. The fourth-order valence-electron chi connectivity index (χ4n) is 2.89. The van der Waals surface area contributed by atoms with Crippen molar-refractivity contribution in [3.63, 3.8) is 0 Å². The van der Waals surface area contributed by atoms with E-state index in [9.17, 15) is 19.2 Å². The standard InChI is InChI=1S/C20H34N6O5/c1-5-17(27)24-16(9-13-10-22-11-23-13)20(30)26-15(8-12(2)3)19(29)25-14(18(21)28)6-7-31-4/h10-12,14-16H,5-9H2,1-4H3,(H2,21,28)(H,22,23)(H,24,27)(H,25,29)(H,26,30)/t14-,15-,16-/m0/s1. The van der Waals surface area contributed by atoms with Crippen molar-refractivity contribution in [2.45, 2.75) is 64.6 Å². The van der Waals surface area contributed by atoms with E-state index >= 15 is 0 Å². The summed E-state index contributed by atoms with van der Waals surface area (Å²) < 4.78 is 4.95. The topological polar surface area (TPSA) is 168 Å². The minimum absolute atomic E-state index is 0.0818. The number of imidazole rings is 1. The van der Waals surface area contributed by atoms with E-state index in [0.29, 0.717) is 12.1 Å². The summed E-state index contributed by atoms with van der Waals surface area (Å²) in [7, 11) is 1.48. The molecule has 11 heteroatoms. The second-order valence-electron chi connectivity index (χ2n) is 7.69. The van der Waals surface area contributed by atoms with Crippen LogP contribution >= 0.6 is 0 Å². The zero-order chi connectivity index (χ0) is 23.4. The molecule has 174 valence electrons. The molecule has 1 aromatic heterocycles. The number of nitrogens with two attached hydrogens (primary N) is 1. The van der Waals surface area contributed by atoms with Gasteiger partial charge in [0.1, 0.15) is 18.1 Å². The average molecular weight is 439 g/mol. The van der Waals surface area contributed by atoms with Crippen LogP contribution in [0.15, 0.2) is 12.5 Å². The zero-order valence-corrected chi connectivity index (χ0v) is 18.6. The molecular weight excluding hydrogens is 404 g/mol. The first kappa shape index (κ1) is 26.1. The van der Waals surface area contributed by atoms with Crippen LogP contribution in [-0.4, -0.2) is 65.4 Å². The molecule has 6 N–H and O–H groups in total. The Kier molecular flexibility index (Phi) is 11.3. The highest BCUT2D eigenvalue weighted by atomic mass is 16.5. The minimum Gasteiger partial charge on any atom is -0.385 e. The smallest absolute Gasteiger partial charge is 0.243 e. The SMILES string of the molecule is CCC(=O)N[C@@H](Cc1cnc[nH]1)C(=O)N[C@@H](CC(C)C)C(=O)N[C@@H](CCOC)C(N)=O. The normalized spacial score (nSPS) is 13.8. The first-order chi connectivity index (χ1) is 14.7. The summed E-state index contributed by atoms with van der Waals surface area (Å²) in [6, 6.07) is -2.71. The van der Waals surface area contributed by atoms with Gasteiger partial charge in [0.05, 0.1) is 6.33 Å². The van der Waals surface area contributed by atoms with E-state index in [1.54, 1.807) is 13.1 Å². The molecule has 0 spiro atoms. The fourth-order valence-corrected chi connectivity index (χ4v) is 2.89. The summed E-state index contributed by atoms with van der Waals surface area (Å²) in [6.45, 7) is 5.73. The van der Waals surface area contributed by atoms with Gasteiger partial charge in [0, 0.05) is 38.4 Å². The Bertz CT molecular complexity index is 722. The second-order valence-corrected chi connectivity index (χ2v) is 7.69. The Labute approximate surface area is 182 Å². The number of nitrogens with zero attached hydrogens (tertiary/aromatic N) is 1. The number of hydrogen-bond donors (Lipinski definition) is 5. The number of aromatic amines is 1. The van der Waals surface area contributed by atoms with Gasteiger partial charge in [0.25, 0.3) is 0 Å². The van der Waals surface area contributed by atoms with Crippen molar-refractivity contribution >= 4 is 23.6 Å². The number of H-pyrrole nitrogens is 1. The molecule has 1 rings (SSSR count). The number of primary amides is 1. The second kappa shape index (κ2) is 13.4. The van der Waals surface area contributed by atoms with E-state index in [4.69, 9.17) is 10.5 Å². The van der Waals surface area contributed by atoms with Gasteiger partial charge in [-0.3, -0.25) is 19.2 Å². The maximum Gasteiger partial charge on any atom is 0.243 e. The zero-order valence-electron chi connectivity index (χ0n) is 18.6. The van der Waals surface area contributed by atoms with Crippen LogP contribution in [-0.2, 0) is 30.3 Å². The molecule has 0 fully saturated rings. The lowest BCUT2D eigenvalue weighted by molar-refractivity contribution is -0.133. The van der Waals surface area contributed by atoms with E-state index < -0.39 is 35.8 Å². The summed E-state index contributed by atoms with van der Waals surface area (Å²) in [5.74, 6) is -1.93. The predicted octanol–water partition coefficient (Wildman–Crippen LogP) is -0.615. The van der Waals surface area contributed by atoms with Crippen LogP contribution in [0.3, 0.4) is 0 Å². The molecule has 1 aromatic rings. The highest BCUT2D eigenvalue weighted by Crippen LogP contribution is 2.08. The predicted molar refractivity (Wildman–Crippen MR) is 114 cm³/mol. The van der Waals surface area contributed by atoms with Crippen LogP contribution in [0.2, 0.25) is 0 Å². The van der Waals surface area contributed by atoms with Crippen molar-refractivity contribution in [1.82, 2.24) is 25.9 Å². The van der Waals surface area contributed by atoms with Crippen molar-refractivity contribution < 1.29 is 23.9 Å². The van der Waals surface area contributed by atoms with Crippen molar-refractivity contribution in [3.05, 3.63) is 18.2 Å². The number of aromatic nitrogens is 2. The van der Waals surface area contributed by atoms with Crippen LogP contribution in [0.25, 0.3) is 0 Å². The molecule has 0 aliphatic carbocycles. The quantitative estimate of drug-likeness (QED) is 0.259. The molecule has 3 atom stereocenters. The lowest BCUT2D eigenvalue weighted by atomic mass is 10.0. The van der Waals surface area contributed by atoms with E-state index in [1.807, 2.05) is 13.8 Å². The Morgan fingerprint density at radius 3 is 2.26 bits per heavy atom. The molecular formula is C20H34N6O5. The van der Waals surface area contributed by atoms with E-state index in [0.717, 1.165) is 0 Å².